The Kier molecular flexibility index (Phi) is 7.34. The standard InChI is InChI=1S/C12H20O8/c1-6(2)12(19)20-4-3-7(14)9(16)11(18)10(17)8(15)5-13/h8-11,13,15-18H,1,3-5H2,2H3/t8-,9-,10-,11-/m1/s1/i4D/t4?,8-,9-,10-,11-. The van der Waals surface area contributed by atoms with Crippen LogP contribution in [0.1, 0.15) is 14.7 Å². The van der Waals surface area contributed by atoms with Crippen LogP contribution in [0.2, 0.25) is 0 Å². The van der Waals surface area contributed by atoms with Crippen molar-refractivity contribution < 1.29 is 41.2 Å². The van der Waals surface area contributed by atoms with Crippen molar-refractivity contribution in [3.8, 4) is 0 Å². The molecule has 8 heteroatoms. The molecular formula is C12H20O8. The van der Waals surface area contributed by atoms with Gasteiger partial charge in [0.25, 0.3) is 0 Å². The topological polar surface area (TPSA) is 145 Å². The van der Waals surface area contributed by atoms with Gasteiger partial charge in [0.2, 0.25) is 0 Å². The molecule has 0 aliphatic rings. The van der Waals surface area contributed by atoms with Crippen molar-refractivity contribution in [2.45, 2.75) is 37.8 Å². The molecule has 0 saturated carbocycles. The van der Waals surface area contributed by atoms with Gasteiger partial charge in [0.05, 0.1) is 14.6 Å². The van der Waals surface area contributed by atoms with Crippen molar-refractivity contribution in [1.29, 1.82) is 0 Å². The molecule has 0 bridgehead atoms. The summed E-state index contributed by atoms with van der Waals surface area (Å²) in [4.78, 5) is 22.7. The molecule has 20 heavy (non-hydrogen) atoms. The maximum absolute atomic E-state index is 11.6. The zero-order valence-electron chi connectivity index (χ0n) is 12.0. The van der Waals surface area contributed by atoms with Gasteiger partial charge >= 0.3 is 5.97 Å². The Morgan fingerprint density at radius 1 is 1.25 bits per heavy atom. The molecule has 0 amide bonds. The van der Waals surface area contributed by atoms with Crippen LogP contribution in [0, 0.1) is 0 Å². The summed E-state index contributed by atoms with van der Waals surface area (Å²) in [5.74, 6) is -1.95. The Labute approximate surface area is 117 Å². The summed E-state index contributed by atoms with van der Waals surface area (Å²) in [6.07, 6.45) is -8.56. The van der Waals surface area contributed by atoms with E-state index in [4.69, 9.17) is 11.6 Å². The van der Waals surface area contributed by atoms with Crippen LogP contribution < -0.4 is 0 Å². The molecular weight excluding hydrogens is 272 g/mol. The van der Waals surface area contributed by atoms with Gasteiger partial charge in [-0.3, -0.25) is 4.79 Å². The third-order valence-electron chi connectivity index (χ3n) is 2.41. The molecule has 0 rings (SSSR count). The van der Waals surface area contributed by atoms with Gasteiger partial charge in [-0.05, 0) is 6.92 Å². The molecule has 5 N–H and O–H groups in total. The van der Waals surface area contributed by atoms with Crippen molar-refractivity contribution >= 4 is 11.8 Å². The smallest absolute Gasteiger partial charge is 0.333 e. The normalized spacial score (nSPS) is 19.2. The maximum atomic E-state index is 11.6. The molecule has 8 nitrogen and oxygen atoms in total. The number of ether oxygens (including phenoxy) is 1. The molecule has 0 saturated heterocycles. The Morgan fingerprint density at radius 2 is 1.80 bits per heavy atom. The van der Waals surface area contributed by atoms with Crippen LogP contribution in [0.5, 0.6) is 0 Å². The zero-order chi connectivity index (χ0) is 16.7. The molecule has 0 radical (unpaired) electrons. The van der Waals surface area contributed by atoms with Crippen LogP contribution in [-0.4, -0.2) is 74.9 Å². The van der Waals surface area contributed by atoms with E-state index in [-0.39, 0.29) is 5.57 Å². The highest BCUT2D eigenvalue weighted by Crippen LogP contribution is 2.08. The Morgan fingerprint density at radius 3 is 2.25 bits per heavy atom. The van der Waals surface area contributed by atoms with Gasteiger partial charge in [-0.25, -0.2) is 4.79 Å². The minimum Gasteiger partial charge on any atom is -0.462 e. The van der Waals surface area contributed by atoms with Crippen molar-refractivity contribution in [2.24, 2.45) is 0 Å². The van der Waals surface area contributed by atoms with Crippen molar-refractivity contribution in [3.05, 3.63) is 12.2 Å². The Balaban J connectivity index is 4.51. The summed E-state index contributed by atoms with van der Waals surface area (Å²) < 4.78 is 11.8. The molecule has 1 unspecified atom stereocenters. The number of carbonyl (C=O) groups is 2. The molecule has 0 aromatic rings. The third-order valence-corrected chi connectivity index (χ3v) is 2.41. The Hall–Kier alpha value is -1.32. The first-order valence-corrected chi connectivity index (χ1v) is 5.76. The minimum atomic E-state index is -2.10. The second-order valence-electron chi connectivity index (χ2n) is 4.20. The largest absolute Gasteiger partial charge is 0.462 e. The molecule has 0 heterocycles. The Bertz CT molecular complexity index is 385. The van der Waals surface area contributed by atoms with Crippen LogP contribution in [0.25, 0.3) is 0 Å². The van der Waals surface area contributed by atoms with E-state index >= 15 is 0 Å². The van der Waals surface area contributed by atoms with Gasteiger partial charge in [0, 0.05) is 12.0 Å². The lowest BCUT2D eigenvalue weighted by atomic mass is 9.99. The van der Waals surface area contributed by atoms with Crippen molar-refractivity contribution in [1.82, 2.24) is 0 Å². The van der Waals surface area contributed by atoms with Crippen molar-refractivity contribution in [3.63, 3.8) is 0 Å². The third kappa shape index (κ3) is 5.76. The highest BCUT2D eigenvalue weighted by molar-refractivity contribution is 5.87. The average molecular weight is 293 g/mol. The van der Waals surface area contributed by atoms with Crippen LogP contribution in [0.3, 0.4) is 0 Å². The van der Waals surface area contributed by atoms with Gasteiger partial charge < -0.3 is 30.3 Å². The van der Waals surface area contributed by atoms with E-state index < -0.39 is 55.8 Å². The number of esters is 1. The number of aliphatic hydroxyl groups excluding tert-OH is 5. The summed E-state index contributed by atoms with van der Waals surface area (Å²) in [5, 5.41) is 46.0. The monoisotopic (exact) mass is 293 g/mol. The second kappa shape index (κ2) is 8.77. The predicted molar refractivity (Wildman–Crippen MR) is 66.5 cm³/mol. The minimum absolute atomic E-state index is 0.0294. The van der Waals surface area contributed by atoms with Gasteiger partial charge in [-0.1, -0.05) is 6.58 Å². The molecule has 0 aromatic carbocycles. The fourth-order valence-electron chi connectivity index (χ4n) is 1.13. The first-order chi connectivity index (χ1) is 9.61. The molecule has 0 aromatic heterocycles. The van der Waals surface area contributed by atoms with Crippen LogP contribution in [-0.2, 0) is 14.3 Å². The SMILES string of the molecule is [2H]C(CC(=O)[C@@H](O)[C@@H](O)[C@H](O)[C@H](O)CO)OC(=O)C(=C)C. The maximum Gasteiger partial charge on any atom is 0.333 e. The molecule has 5 atom stereocenters. The van der Waals surface area contributed by atoms with Crippen LogP contribution in [0.15, 0.2) is 12.2 Å². The van der Waals surface area contributed by atoms with Crippen LogP contribution in [0.4, 0.5) is 0 Å². The lowest BCUT2D eigenvalue weighted by molar-refractivity contribution is -0.149. The summed E-state index contributed by atoms with van der Waals surface area (Å²) in [7, 11) is 0. The number of ketones is 1. The predicted octanol–water partition coefficient (Wildman–Crippen LogP) is -2.50. The molecule has 0 aliphatic heterocycles. The fourth-order valence-corrected chi connectivity index (χ4v) is 1.13. The number of aliphatic hydroxyl groups is 5. The lowest BCUT2D eigenvalue weighted by Crippen LogP contribution is -2.48. The first-order valence-electron chi connectivity index (χ1n) is 6.34. The first kappa shape index (κ1) is 16.7. The average Bonchev–Trinajstić information content (AvgIpc) is 2.43. The molecule has 0 aliphatic carbocycles. The van der Waals surface area contributed by atoms with E-state index in [1.54, 1.807) is 0 Å². The van der Waals surface area contributed by atoms with Gasteiger partial charge in [0.15, 0.2) is 5.78 Å². The fraction of sp³-hybridized carbons (Fsp3) is 0.667. The molecule has 116 valence electrons. The zero-order valence-corrected chi connectivity index (χ0v) is 11.0. The quantitative estimate of drug-likeness (QED) is 0.232. The van der Waals surface area contributed by atoms with E-state index in [1.807, 2.05) is 0 Å². The van der Waals surface area contributed by atoms with E-state index in [0.29, 0.717) is 0 Å². The van der Waals surface area contributed by atoms with Gasteiger partial charge in [-0.15, -0.1) is 0 Å². The van der Waals surface area contributed by atoms with Crippen LogP contribution >= 0.6 is 0 Å². The number of hydrogen-bond acceptors (Lipinski definition) is 8. The second-order valence-corrected chi connectivity index (χ2v) is 4.20. The summed E-state index contributed by atoms with van der Waals surface area (Å²) in [5.41, 5.74) is 0.0294. The van der Waals surface area contributed by atoms with Crippen molar-refractivity contribution in [2.75, 3.05) is 13.2 Å². The van der Waals surface area contributed by atoms with E-state index in [1.165, 1.54) is 6.92 Å². The summed E-state index contributed by atoms with van der Waals surface area (Å²) in [6.45, 7) is 2.15. The summed E-state index contributed by atoms with van der Waals surface area (Å²) >= 11 is 0. The highest BCUT2D eigenvalue weighted by Gasteiger charge is 2.33. The number of carbonyl (C=O) groups excluding carboxylic acids is 2. The molecule has 0 spiro atoms. The van der Waals surface area contributed by atoms with E-state index in [2.05, 4.69) is 11.3 Å². The summed E-state index contributed by atoms with van der Waals surface area (Å²) in [6, 6.07) is 0. The van der Waals surface area contributed by atoms with Gasteiger partial charge in [0.1, 0.15) is 24.4 Å². The number of hydrogen-bond donors (Lipinski definition) is 5. The molecule has 0 fully saturated rings. The van der Waals surface area contributed by atoms with E-state index in [0.717, 1.165) is 0 Å². The van der Waals surface area contributed by atoms with Gasteiger partial charge in [-0.2, -0.15) is 0 Å². The highest BCUT2D eigenvalue weighted by atomic mass is 16.5. The number of rotatable bonds is 9. The van der Waals surface area contributed by atoms with E-state index in [9.17, 15) is 24.9 Å². The number of Topliss-reactive ketones (excluding diaryl/α,β-unsaturated/α-hetero) is 1. The lowest BCUT2D eigenvalue weighted by Gasteiger charge is -2.24.